The highest BCUT2D eigenvalue weighted by molar-refractivity contribution is 5.14. The lowest BCUT2D eigenvalue weighted by atomic mass is 9.87. The van der Waals surface area contributed by atoms with Crippen molar-refractivity contribution in [2.45, 2.75) is 64.2 Å². The summed E-state index contributed by atoms with van der Waals surface area (Å²) in [4.78, 5) is 8.99. The van der Waals surface area contributed by atoms with Gasteiger partial charge in [0.2, 0.25) is 5.89 Å². The third-order valence-electron chi connectivity index (χ3n) is 3.88. The molecule has 5 nitrogen and oxygen atoms in total. The van der Waals surface area contributed by atoms with Crippen LogP contribution in [0.2, 0.25) is 0 Å². The quantitative estimate of drug-likeness (QED) is 0.808. The second kappa shape index (κ2) is 5.04. The summed E-state index contributed by atoms with van der Waals surface area (Å²) in [5, 5.41) is 3.99. The molecule has 1 fully saturated rings. The predicted octanol–water partition coefficient (Wildman–Crippen LogP) is 3.41. The molecule has 2 aromatic heterocycles. The SMILES string of the molecule is CCc1nc(CCC(C)(C)c2nc(C3CC3)co2)no1. The Bertz CT molecular complexity index is 581. The fraction of sp³-hybridized carbons (Fsp3) is 0.667. The van der Waals surface area contributed by atoms with E-state index in [-0.39, 0.29) is 5.41 Å². The van der Waals surface area contributed by atoms with Gasteiger partial charge in [-0.15, -0.1) is 0 Å². The van der Waals surface area contributed by atoms with Gasteiger partial charge in [-0.05, 0) is 19.3 Å². The van der Waals surface area contributed by atoms with Crippen LogP contribution in [0.1, 0.15) is 69.3 Å². The lowest BCUT2D eigenvalue weighted by molar-refractivity contribution is 0.342. The predicted molar refractivity (Wildman–Crippen MR) is 73.5 cm³/mol. The Hall–Kier alpha value is -1.65. The Balaban J connectivity index is 1.64. The van der Waals surface area contributed by atoms with Crippen LogP contribution in [-0.2, 0) is 18.3 Å². The molecule has 0 radical (unpaired) electrons. The molecule has 0 unspecified atom stereocenters. The minimum atomic E-state index is -0.111. The normalized spacial score (nSPS) is 15.8. The van der Waals surface area contributed by atoms with Gasteiger partial charge in [-0.3, -0.25) is 0 Å². The van der Waals surface area contributed by atoms with Crippen LogP contribution in [0, 0.1) is 0 Å². The molecular formula is C15H21N3O2. The first kappa shape index (κ1) is 13.3. The molecule has 0 bridgehead atoms. The summed E-state index contributed by atoms with van der Waals surface area (Å²) >= 11 is 0. The van der Waals surface area contributed by atoms with Gasteiger partial charge >= 0.3 is 0 Å². The molecule has 2 heterocycles. The molecule has 0 atom stereocenters. The summed E-state index contributed by atoms with van der Waals surface area (Å²) in [6, 6.07) is 0. The molecule has 1 aliphatic rings. The van der Waals surface area contributed by atoms with Crippen LogP contribution in [-0.4, -0.2) is 15.1 Å². The fourth-order valence-corrected chi connectivity index (χ4v) is 2.23. The Kier molecular flexibility index (Phi) is 3.36. The molecule has 1 saturated carbocycles. The van der Waals surface area contributed by atoms with Crippen LogP contribution in [0.3, 0.4) is 0 Å². The van der Waals surface area contributed by atoms with Gasteiger partial charge in [0.15, 0.2) is 11.7 Å². The van der Waals surface area contributed by atoms with E-state index in [0.717, 1.165) is 36.7 Å². The zero-order valence-corrected chi connectivity index (χ0v) is 12.3. The lowest BCUT2D eigenvalue weighted by Crippen LogP contribution is -2.19. The second-order valence-electron chi connectivity index (χ2n) is 6.19. The third-order valence-corrected chi connectivity index (χ3v) is 3.88. The van der Waals surface area contributed by atoms with Gasteiger partial charge < -0.3 is 8.94 Å². The molecule has 0 N–H and O–H groups in total. The van der Waals surface area contributed by atoms with E-state index < -0.39 is 0 Å². The summed E-state index contributed by atoms with van der Waals surface area (Å²) < 4.78 is 10.8. The first-order valence-corrected chi connectivity index (χ1v) is 7.36. The Morgan fingerprint density at radius 1 is 1.30 bits per heavy atom. The fourth-order valence-electron chi connectivity index (χ4n) is 2.23. The van der Waals surface area contributed by atoms with Crippen molar-refractivity contribution in [1.82, 2.24) is 15.1 Å². The number of oxazole rings is 1. The molecule has 0 spiro atoms. The minimum Gasteiger partial charge on any atom is -0.448 e. The molecule has 1 aliphatic carbocycles. The number of rotatable bonds is 6. The van der Waals surface area contributed by atoms with E-state index in [9.17, 15) is 0 Å². The Morgan fingerprint density at radius 3 is 2.75 bits per heavy atom. The maximum Gasteiger partial charge on any atom is 0.226 e. The van der Waals surface area contributed by atoms with E-state index in [4.69, 9.17) is 8.94 Å². The number of aryl methyl sites for hydroxylation is 2. The van der Waals surface area contributed by atoms with Crippen molar-refractivity contribution in [2.75, 3.05) is 0 Å². The number of aromatic nitrogens is 3. The van der Waals surface area contributed by atoms with Crippen LogP contribution in [0.25, 0.3) is 0 Å². The maximum atomic E-state index is 5.67. The largest absolute Gasteiger partial charge is 0.448 e. The minimum absolute atomic E-state index is 0.111. The van der Waals surface area contributed by atoms with Crippen molar-refractivity contribution in [3.05, 3.63) is 29.6 Å². The average Bonchev–Trinajstić information content (AvgIpc) is 2.99. The molecule has 5 heteroatoms. The van der Waals surface area contributed by atoms with E-state index in [2.05, 4.69) is 29.0 Å². The molecule has 0 aromatic carbocycles. The van der Waals surface area contributed by atoms with E-state index in [1.165, 1.54) is 12.8 Å². The topological polar surface area (TPSA) is 65.0 Å². The number of hydrogen-bond acceptors (Lipinski definition) is 5. The van der Waals surface area contributed by atoms with Gasteiger partial charge in [0.1, 0.15) is 6.26 Å². The Labute approximate surface area is 118 Å². The smallest absolute Gasteiger partial charge is 0.226 e. The second-order valence-corrected chi connectivity index (χ2v) is 6.19. The van der Waals surface area contributed by atoms with E-state index in [0.29, 0.717) is 11.8 Å². The number of nitrogens with zero attached hydrogens (tertiary/aromatic N) is 3. The van der Waals surface area contributed by atoms with Crippen molar-refractivity contribution in [3.8, 4) is 0 Å². The van der Waals surface area contributed by atoms with Gasteiger partial charge in [-0.2, -0.15) is 4.98 Å². The standard InChI is InChI=1S/C15H21N3O2/c1-4-13-17-12(18-20-13)7-8-15(2,3)14-16-11(9-19-14)10-5-6-10/h9-10H,4-8H2,1-3H3. The lowest BCUT2D eigenvalue weighted by Gasteiger charge is -2.19. The van der Waals surface area contributed by atoms with Crippen molar-refractivity contribution in [3.63, 3.8) is 0 Å². The van der Waals surface area contributed by atoms with Crippen molar-refractivity contribution < 1.29 is 8.94 Å². The van der Waals surface area contributed by atoms with Gasteiger partial charge in [0, 0.05) is 24.2 Å². The summed E-state index contributed by atoms with van der Waals surface area (Å²) in [6.07, 6.45) is 6.75. The molecule has 20 heavy (non-hydrogen) atoms. The average molecular weight is 275 g/mol. The highest BCUT2D eigenvalue weighted by Gasteiger charge is 2.31. The van der Waals surface area contributed by atoms with Crippen molar-refractivity contribution in [1.29, 1.82) is 0 Å². The summed E-state index contributed by atoms with van der Waals surface area (Å²) in [5.41, 5.74) is 1.00. The van der Waals surface area contributed by atoms with E-state index >= 15 is 0 Å². The monoisotopic (exact) mass is 275 g/mol. The molecule has 0 amide bonds. The molecule has 2 aromatic rings. The maximum absolute atomic E-state index is 5.67. The van der Waals surface area contributed by atoms with Gasteiger partial charge in [0.05, 0.1) is 5.69 Å². The van der Waals surface area contributed by atoms with Crippen LogP contribution >= 0.6 is 0 Å². The Morgan fingerprint density at radius 2 is 2.10 bits per heavy atom. The number of hydrogen-bond donors (Lipinski definition) is 0. The van der Waals surface area contributed by atoms with Crippen LogP contribution in [0.15, 0.2) is 15.2 Å². The van der Waals surface area contributed by atoms with Crippen LogP contribution in [0.5, 0.6) is 0 Å². The van der Waals surface area contributed by atoms with Gasteiger partial charge in [-0.1, -0.05) is 25.9 Å². The van der Waals surface area contributed by atoms with Crippen molar-refractivity contribution in [2.24, 2.45) is 0 Å². The zero-order valence-electron chi connectivity index (χ0n) is 12.3. The summed E-state index contributed by atoms with van der Waals surface area (Å²) in [7, 11) is 0. The summed E-state index contributed by atoms with van der Waals surface area (Å²) in [5.74, 6) is 2.92. The van der Waals surface area contributed by atoms with Gasteiger partial charge in [0.25, 0.3) is 0 Å². The molecule has 108 valence electrons. The third kappa shape index (κ3) is 2.76. The zero-order chi connectivity index (χ0) is 14.2. The highest BCUT2D eigenvalue weighted by Crippen LogP contribution is 2.40. The highest BCUT2D eigenvalue weighted by atomic mass is 16.5. The molecular weight excluding hydrogens is 254 g/mol. The van der Waals surface area contributed by atoms with Gasteiger partial charge in [-0.25, -0.2) is 4.98 Å². The van der Waals surface area contributed by atoms with E-state index in [1.807, 2.05) is 13.2 Å². The van der Waals surface area contributed by atoms with Crippen LogP contribution in [0.4, 0.5) is 0 Å². The van der Waals surface area contributed by atoms with Crippen molar-refractivity contribution >= 4 is 0 Å². The first-order valence-electron chi connectivity index (χ1n) is 7.36. The molecule has 0 saturated heterocycles. The first-order chi connectivity index (χ1) is 9.58. The molecule has 3 rings (SSSR count). The van der Waals surface area contributed by atoms with E-state index in [1.54, 1.807) is 0 Å². The molecule has 0 aliphatic heterocycles. The van der Waals surface area contributed by atoms with Crippen LogP contribution < -0.4 is 0 Å². The summed E-state index contributed by atoms with van der Waals surface area (Å²) in [6.45, 7) is 6.31.